The zero-order valence-electron chi connectivity index (χ0n) is 17.4. The maximum absolute atomic E-state index is 14.7. The third-order valence-corrected chi connectivity index (χ3v) is 5.02. The van der Waals surface area contributed by atoms with Crippen LogP contribution in [0.15, 0.2) is 23.2 Å². The summed E-state index contributed by atoms with van der Waals surface area (Å²) in [6.45, 7) is 8.73. The number of morpholine rings is 1. The van der Waals surface area contributed by atoms with Gasteiger partial charge in [0.1, 0.15) is 5.82 Å². The number of hydrogen-bond acceptors (Lipinski definition) is 4. The van der Waals surface area contributed by atoms with Crippen molar-refractivity contribution in [2.45, 2.75) is 32.4 Å². The summed E-state index contributed by atoms with van der Waals surface area (Å²) in [6.07, 6.45) is 0.982. The summed E-state index contributed by atoms with van der Waals surface area (Å²) in [6, 6.07) is 4.60. The van der Waals surface area contributed by atoms with Gasteiger partial charge in [0, 0.05) is 57.0 Å². The molecule has 1 aliphatic heterocycles. The highest BCUT2D eigenvalue weighted by Gasteiger charge is 2.29. The van der Waals surface area contributed by atoms with Gasteiger partial charge >= 0.3 is 0 Å². The number of rotatable bonds is 9. The molecular weight excluding hydrogens is 510 g/mol. The lowest BCUT2D eigenvalue weighted by Crippen LogP contribution is -2.48. The molecule has 1 saturated heterocycles. The fourth-order valence-corrected chi connectivity index (χ4v) is 3.60. The van der Waals surface area contributed by atoms with Crippen LogP contribution in [0.3, 0.4) is 0 Å². The monoisotopic (exact) mass is 542 g/mol. The van der Waals surface area contributed by atoms with Gasteiger partial charge in [-0.1, -0.05) is 17.7 Å². The lowest BCUT2D eigenvalue weighted by Gasteiger charge is -2.38. The summed E-state index contributed by atoms with van der Waals surface area (Å²) in [5, 5.41) is 7.02. The van der Waals surface area contributed by atoms with Gasteiger partial charge in [0.25, 0.3) is 0 Å². The van der Waals surface area contributed by atoms with Crippen LogP contribution in [0.4, 0.5) is 4.39 Å². The average Bonchev–Trinajstić information content (AvgIpc) is 2.68. The third kappa shape index (κ3) is 8.53. The second kappa shape index (κ2) is 14.3. The molecular formula is C20H33ClFIN4O2. The van der Waals surface area contributed by atoms with E-state index in [4.69, 9.17) is 21.1 Å². The molecule has 6 nitrogen and oxygen atoms in total. The number of nitrogens with zero attached hydrogens (tertiary/aromatic N) is 2. The van der Waals surface area contributed by atoms with E-state index in [-0.39, 0.29) is 41.9 Å². The Balaban J connectivity index is 0.00000420. The highest BCUT2D eigenvalue weighted by molar-refractivity contribution is 14.0. The Bertz CT molecular complexity index is 618. The lowest BCUT2D eigenvalue weighted by atomic mass is 10.0. The fourth-order valence-electron chi connectivity index (χ4n) is 3.31. The highest BCUT2D eigenvalue weighted by atomic mass is 127. The summed E-state index contributed by atoms with van der Waals surface area (Å²) in [5.74, 6) is 0.383. The summed E-state index contributed by atoms with van der Waals surface area (Å²) >= 11 is 6.38. The van der Waals surface area contributed by atoms with Crippen molar-refractivity contribution >= 4 is 41.5 Å². The maximum Gasteiger partial charge on any atom is 0.191 e. The van der Waals surface area contributed by atoms with Crippen LogP contribution in [-0.2, 0) is 9.47 Å². The summed E-state index contributed by atoms with van der Waals surface area (Å²) in [7, 11) is 1.72. The van der Waals surface area contributed by atoms with E-state index < -0.39 is 0 Å². The third-order valence-electron chi connectivity index (χ3n) is 4.69. The molecule has 1 heterocycles. The number of nitrogens with one attached hydrogen (secondary N) is 2. The molecule has 0 spiro atoms. The van der Waals surface area contributed by atoms with E-state index in [1.165, 1.54) is 6.07 Å². The van der Waals surface area contributed by atoms with Gasteiger partial charge in [0.15, 0.2) is 5.96 Å². The summed E-state index contributed by atoms with van der Waals surface area (Å²) in [4.78, 5) is 6.48. The molecule has 0 amide bonds. The Morgan fingerprint density at radius 3 is 2.90 bits per heavy atom. The first kappa shape index (κ1) is 26.4. The van der Waals surface area contributed by atoms with Crippen LogP contribution in [0.2, 0.25) is 5.02 Å². The van der Waals surface area contributed by atoms with Gasteiger partial charge in [-0.2, -0.15) is 0 Å². The minimum Gasteiger partial charge on any atom is -0.382 e. The lowest BCUT2D eigenvalue weighted by molar-refractivity contribution is -0.0343. The van der Waals surface area contributed by atoms with Gasteiger partial charge in [0.05, 0.1) is 18.8 Å². The molecule has 1 fully saturated rings. The van der Waals surface area contributed by atoms with Crippen LogP contribution in [0, 0.1) is 5.82 Å². The second-order valence-electron chi connectivity index (χ2n) is 6.76. The topological polar surface area (TPSA) is 58.1 Å². The van der Waals surface area contributed by atoms with E-state index in [0.717, 1.165) is 32.7 Å². The maximum atomic E-state index is 14.7. The number of benzene rings is 1. The molecule has 9 heteroatoms. The van der Waals surface area contributed by atoms with Gasteiger partial charge < -0.3 is 20.1 Å². The van der Waals surface area contributed by atoms with Crippen molar-refractivity contribution in [1.82, 2.24) is 15.5 Å². The quantitative estimate of drug-likeness (QED) is 0.217. The molecule has 1 aliphatic rings. The molecule has 166 valence electrons. The standard InChI is InChI=1S/C20H32ClFN4O2.HI/c1-4-27-11-6-9-24-20(23-3)25-13-18(26-10-12-28-15(2)14-26)19-16(21)7-5-8-17(19)22;/h5,7-8,15,18H,4,6,9-14H2,1-3H3,(H2,23,24,25);1H. The van der Waals surface area contributed by atoms with Gasteiger partial charge in [-0.25, -0.2) is 4.39 Å². The van der Waals surface area contributed by atoms with Crippen LogP contribution >= 0.6 is 35.6 Å². The molecule has 0 aromatic heterocycles. The molecule has 2 unspecified atom stereocenters. The minimum atomic E-state index is -0.293. The van der Waals surface area contributed by atoms with Crippen LogP contribution < -0.4 is 10.6 Å². The minimum absolute atomic E-state index is 0. The second-order valence-corrected chi connectivity index (χ2v) is 7.17. The molecule has 0 aliphatic carbocycles. The Labute approximate surface area is 195 Å². The molecule has 1 aromatic carbocycles. The SMILES string of the molecule is CCOCCCNC(=NC)NCC(c1c(F)cccc1Cl)N1CCOC(C)C1.I. The first-order valence-corrected chi connectivity index (χ1v) is 10.3. The molecule has 0 saturated carbocycles. The number of hydrogen-bond donors (Lipinski definition) is 2. The van der Waals surface area contributed by atoms with Crippen LogP contribution in [-0.4, -0.2) is 70.0 Å². The number of aliphatic imine (C=N–C) groups is 1. The molecule has 2 N–H and O–H groups in total. The number of guanidine groups is 1. The van der Waals surface area contributed by atoms with Gasteiger partial charge in [-0.05, 0) is 32.4 Å². The van der Waals surface area contributed by atoms with E-state index in [0.29, 0.717) is 36.3 Å². The van der Waals surface area contributed by atoms with E-state index in [1.807, 2.05) is 13.8 Å². The molecule has 0 bridgehead atoms. The smallest absolute Gasteiger partial charge is 0.191 e. The van der Waals surface area contributed by atoms with Crippen molar-refractivity contribution in [3.63, 3.8) is 0 Å². The first-order chi connectivity index (χ1) is 13.6. The Kier molecular flexibility index (Phi) is 13.0. The zero-order valence-corrected chi connectivity index (χ0v) is 20.5. The van der Waals surface area contributed by atoms with Crippen molar-refractivity contribution in [3.05, 3.63) is 34.6 Å². The predicted molar refractivity (Wildman–Crippen MR) is 127 cm³/mol. The van der Waals surface area contributed by atoms with Crippen molar-refractivity contribution in [3.8, 4) is 0 Å². The summed E-state index contributed by atoms with van der Waals surface area (Å²) < 4.78 is 25.6. The van der Waals surface area contributed by atoms with Crippen LogP contribution in [0.25, 0.3) is 0 Å². The van der Waals surface area contributed by atoms with Gasteiger partial charge in [0.2, 0.25) is 0 Å². The molecule has 2 atom stereocenters. The zero-order chi connectivity index (χ0) is 20.4. The average molecular weight is 543 g/mol. The van der Waals surface area contributed by atoms with Crippen molar-refractivity contribution in [1.29, 1.82) is 0 Å². The summed E-state index contributed by atoms with van der Waals surface area (Å²) in [5.41, 5.74) is 0.512. The highest BCUT2D eigenvalue weighted by Crippen LogP contribution is 2.31. The predicted octanol–water partition coefficient (Wildman–Crippen LogP) is 3.45. The van der Waals surface area contributed by atoms with E-state index in [2.05, 4.69) is 20.5 Å². The number of ether oxygens (including phenoxy) is 2. The van der Waals surface area contributed by atoms with E-state index >= 15 is 0 Å². The molecule has 2 rings (SSSR count). The van der Waals surface area contributed by atoms with E-state index in [9.17, 15) is 4.39 Å². The normalized spacial score (nSPS) is 18.8. The van der Waals surface area contributed by atoms with Crippen molar-refractivity contribution in [2.75, 3.05) is 53.0 Å². The van der Waals surface area contributed by atoms with Gasteiger partial charge in [-0.3, -0.25) is 9.89 Å². The Morgan fingerprint density at radius 1 is 1.45 bits per heavy atom. The first-order valence-electron chi connectivity index (χ1n) is 9.88. The van der Waals surface area contributed by atoms with E-state index in [1.54, 1.807) is 19.2 Å². The molecule has 0 radical (unpaired) electrons. The Morgan fingerprint density at radius 2 is 2.24 bits per heavy atom. The Hall–Kier alpha value is -0.680. The van der Waals surface area contributed by atoms with Crippen LogP contribution in [0.5, 0.6) is 0 Å². The largest absolute Gasteiger partial charge is 0.382 e. The molecule has 1 aromatic rings. The number of halogens is 3. The van der Waals surface area contributed by atoms with Gasteiger partial charge in [-0.15, -0.1) is 24.0 Å². The van der Waals surface area contributed by atoms with Crippen molar-refractivity contribution in [2.24, 2.45) is 4.99 Å². The fraction of sp³-hybridized carbons (Fsp3) is 0.650. The van der Waals surface area contributed by atoms with Crippen molar-refractivity contribution < 1.29 is 13.9 Å². The van der Waals surface area contributed by atoms with Crippen LogP contribution in [0.1, 0.15) is 31.9 Å². The molecule has 29 heavy (non-hydrogen) atoms.